The van der Waals surface area contributed by atoms with Gasteiger partial charge in [-0.2, -0.15) is 5.10 Å². The number of hydrogen-bond acceptors (Lipinski definition) is 3. The molecule has 6 nitrogen and oxygen atoms in total. The first-order chi connectivity index (χ1) is 10.1. The number of amides is 2. The van der Waals surface area contributed by atoms with Crippen molar-refractivity contribution < 1.29 is 9.90 Å². The number of aromatic nitrogens is 2. The minimum Gasteiger partial charge on any atom is -0.391 e. The third kappa shape index (κ3) is 2.75. The summed E-state index contributed by atoms with van der Waals surface area (Å²) in [6, 6.07) is 9.26. The number of β-amino-alcohol motifs (C(OH)–C–C–N with tert-alkyl or cyclic N) is 1. The SMILES string of the molecule is Cc1ccnn1-c1ccccc1NC(=O)N1CCC(O)C1. The first-order valence-electron chi connectivity index (χ1n) is 6.99. The lowest BCUT2D eigenvalue weighted by molar-refractivity contribution is 0.176. The maximum Gasteiger partial charge on any atom is 0.321 e. The number of benzene rings is 1. The van der Waals surface area contributed by atoms with Crippen LogP contribution in [0.4, 0.5) is 10.5 Å². The molecule has 2 aromatic rings. The Balaban J connectivity index is 1.83. The fourth-order valence-electron chi connectivity index (χ4n) is 2.51. The van der Waals surface area contributed by atoms with Crippen molar-refractivity contribution in [1.82, 2.24) is 14.7 Å². The molecule has 1 aliphatic heterocycles. The molecule has 0 bridgehead atoms. The first-order valence-corrected chi connectivity index (χ1v) is 6.99. The van der Waals surface area contributed by atoms with Crippen LogP contribution in [0.1, 0.15) is 12.1 Å². The number of aliphatic hydroxyl groups excluding tert-OH is 1. The highest BCUT2D eigenvalue weighted by molar-refractivity contribution is 5.91. The van der Waals surface area contributed by atoms with E-state index in [-0.39, 0.29) is 6.03 Å². The van der Waals surface area contributed by atoms with Gasteiger partial charge in [0.05, 0.1) is 17.5 Å². The number of anilines is 1. The number of nitrogens with one attached hydrogen (secondary N) is 1. The monoisotopic (exact) mass is 286 g/mol. The third-order valence-electron chi connectivity index (χ3n) is 3.66. The van der Waals surface area contributed by atoms with E-state index in [4.69, 9.17) is 0 Å². The summed E-state index contributed by atoms with van der Waals surface area (Å²) in [4.78, 5) is 13.9. The van der Waals surface area contributed by atoms with Gasteiger partial charge in [-0.05, 0) is 31.5 Å². The molecule has 3 rings (SSSR count). The Labute approximate surface area is 123 Å². The van der Waals surface area contributed by atoms with E-state index >= 15 is 0 Å². The van der Waals surface area contributed by atoms with Crippen molar-refractivity contribution in [2.45, 2.75) is 19.4 Å². The van der Waals surface area contributed by atoms with Gasteiger partial charge in [-0.1, -0.05) is 12.1 Å². The van der Waals surface area contributed by atoms with Crippen molar-refractivity contribution in [3.63, 3.8) is 0 Å². The standard InChI is InChI=1S/C15H18N4O2/c1-11-6-8-16-19(11)14-5-3-2-4-13(14)17-15(21)18-9-7-12(20)10-18/h2-6,8,12,20H,7,9-10H2,1H3,(H,17,21). The molecule has 1 saturated heterocycles. The molecule has 21 heavy (non-hydrogen) atoms. The maximum atomic E-state index is 12.2. The molecule has 1 unspecified atom stereocenters. The summed E-state index contributed by atoms with van der Waals surface area (Å²) in [6.45, 7) is 2.92. The Bertz CT molecular complexity index is 653. The lowest BCUT2D eigenvalue weighted by Gasteiger charge is -2.18. The summed E-state index contributed by atoms with van der Waals surface area (Å²) in [5.41, 5.74) is 2.53. The van der Waals surface area contributed by atoms with Crippen LogP contribution in [0.15, 0.2) is 36.5 Å². The number of urea groups is 1. The zero-order valence-corrected chi connectivity index (χ0v) is 11.9. The zero-order chi connectivity index (χ0) is 14.8. The van der Waals surface area contributed by atoms with Gasteiger partial charge in [-0.3, -0.25) is 0 Å². The quantitative estimate of drug-likeness (QED) is 0.884. The van der Waals surface area contributed by atoms with Crippen LogP contribution in [0, 0.1) is 6.92 Å². The van der Waals surface area contributed by atoms with Crippen LogP contribution in [-0.4, -0.2) is 45.0 Å². The van der Waals surface area contributed by atoms with Crippen LogP contribution in [-0.2, 0) is 0 Å². The molecule has 0 aliphatic carbocycles. The van der Waals surface area contributed by atoms with Crippen molar-refractivity contribution in [3.05, 3.63) is 42.2 Å². The number of aliphatic hydroxyl groups is 1. The van der Waals surface area contributed by atoms with E-state index in [1.807, 2.05) is 37.3 Å². The van der Waals surface area contributed by atoms with Crippen LogP contribution < -0.4 is 5.32 Å². The zero-order valence-electron chi connectivity index (χ0n) is 11.9. The van der Waals surface area contributed by atoms with Crippen molar-refractivity contribution in [2.75, 3.05) is 18.4 Å². The minimum absolute atomic E-state index is 0.191. The number of nitrogens with zero attached hydrogens (tertiary/aromatic N) is 3. The molecule has 2 heterocycles. The normalized spacial score (nSPS) is 18.0. The topological polar surface area (TPSA) is 70.4 Å². The smallest absolute Gasteiger partial charge is 0.321 e. The van der Waals surface area contributed by atoms with Gasteiger partial charge < -0.3 is 15.3 Å². The highest BCUT2D eigenvalue weighted by Crippen LogP contribution is 2.21. The second-order valence-electron chi connectivity index (χ2n) is 5.22. The van der Waals surface area contributed by atoms with E-state index < -0.39 is 6.10 Å². The van der Waals surface area contributed by atoms with Crippen molar-refractivity contribution in [1.29, 1.82) is 0 Å². The summed E-state index contributed by atoms with van der Waals surface area (Å²) < 4.78 is 1.79. The van der Waals surface area contributed by atoms with Crippen LogP contribution in [0.2, 0.25) is 0 Å². The number of hydrogen-bond donors (Lipinski definition) is 2. The Morgan fingerprint density at radius 1 is 1.38 bits per heavy atom. The van der Waals surface area contributed by atoms with Gasteiger partial charge in [0.15, 0.2) is 0 Å². The number of aryl methyl sites for hydroxylation is 1. The predicted molar refractivity (Wildman–Crippen MR) is 79.5 cm³/mol. The number of rotatable bonds is 2. The van der Waals surface area contributed by atoms with Crippen LogP contribution in [0.3, 0.4) is 0 Å². The van der Waals surface area contributed by atoms with E-state index in [0.29, 0.717) is 25.2 Å². The Hall–Kier alpha value is -2.34. The minimum atomic E-state index is -0.417. The number of para-hydroxylation sites is 2. The molecular formula is C15H18N4O2. The number of carbonyl (C=O) groups is 1. The molecule has 2 N–H and O–H groups in total. The molecule has 2 amide bonds. The largest absolute Gasteiger partial charge is 0.391 e. The van der Waals surface area contributed by atoms with Gasteiger partial charge in [-0.15, -0.1) is 0 Å². The fourth-order valence-corrected chi connectivity index (χ4v) is 2.51. The van der Waals surface area contributed by atoms with E-state index in [1.165, 1.54) is 0 Å². The Morgan fingerprint density at radius 2 is 2.19 bits per heavy atom. The van der Waals surface area contributed by atoms with Gasteiger partial charge in [0.25, 0.3) is 0 Å². The lowest BCUT2D eigenvalue weighted by atomic mass is 10.2. The molecule has 0 radical (unpaired) electrons. The average Bonchev–Trinajstić information content (AvgIpc) is 3.08. The van der Waals surface area contributed by atoms with Crippen LogP contribution >= 0.6 is 0 Å². The summed E-state index contributed by atoms with van der Waals surface area (Å²) >= 11 is 0. The number of carbonyl (C=O) groups excluding carboxylic acids is 1. The van der Waals surface area contributed by atoms with E-state index in [2.05, 4.69) is 10.4 Å². The van der Waals surface area contributed by atoms with E-state index in [0.717, 1.165) is 11.4 Å². The Morgan fingerprint density at radius 3 is 2.86 bits per heavy atom. The molecule has 0 spiro atoms. The highest BCUT2D eigenvalue weighted by Gasteiger charge is 2.25. The van der Waals surface area contributed by atoms with Gasteiger partial charge in [0.1, 0.15) is 0 Å². The molecule has 0 saturated carbocycles. The molecule has 1 fully saturated rings. The van der Waals surface area contributed by atoms with Crippen molar-refractivity contribution in [3.8, 4) is 5.69 Å². The van der Waals surface area contributed by atoms with E-state index in [1.54, 1.807) is 15.8 Å². The fraction of sp³-hybridized carbons (Fsp3) is 0.333. The number of likely N-dealkylation sites (tertiary alicyclic amines) is 1. The predicted octanol–water partition coefficient (Wildman–Crippen LogP) is 1.78. The molecule has 1 aromatic heterocycles. The van der Waals surface area contributed by atoms with Gasteiger partial charge >= 0.3 is 6.03 Å². The first kappa shape index (κ1) is 13.6. The summed E-state index contributed by atoms with van der Waals surface area (Å²) in [5.74, 6) is 0. The van der Waals surface area contributed by atoms with Crippen LogP contribution in [0.25, 0.3) is 5.69 Å². The lowest BCUT2D eigenvalue weighted by Crippen LogP contribution is -2.33. The van der Waals surface area contributed by atoms with Crippen molar-refractivity contribution in [2.24, 2.45) is 0 Å². The summed E-state index contributed by atoms with van der Waals surface area (Å²) in [5, 5.41) is 16.7. The molecular weight excluding hydrogens is 268 g/mol. The molecule has 110 valence electrons. The van der Waals surface area contributed by atoms with Gasteiger partial charge in [0.2, 0.25) is 0 Å². The third-order valence-corrected chi connectivity index (χ3v) is 3.66. The Kier molecular flexibility index (Phi) is 3.62. The molecule has 1 aromatic carbocycles. The second-order valence-corrected chi connectivity index (χ2v) is 5.22. The molecule has 6 heteroatoms. The van der Waals surface area contributed by atoms with Gasteiger partial charge in [0, 0.05) is 25.0 Å². The van der Waals surface area contributed by atoms with Crippen molar-refractivity contribution >= 4 is 11.7 Å². The molecule has 1 atom stereocenters. The molecule has 1 aliphatic rings. The average molecular weight is 286 g/mol. The highest BCUT2D eigenvalue weighted by atomic mass is 16.3. The summed E-state index contributed by atoms with van der Waals surface area (Å²) in [6.07, 6.45) is 1.94. The van der Waals surface area contributed by atoms with Crippen LogP contribution in [0.5, 0.6) is 0 Å². The van der Waals surface area contributed by atoms with Gasteiger partial charge in [-0.25, -0.2) is 9.48 Å². The summed E-state index contributed by atoms with van der Waals surface area (Å²) in [7, 11) is 0. The maximum absolute atomic E-state index is 12.2. The second kappa shape index (κ2) is 5.57. The van der Waals surface area contributed by atoms with E-state index in [9.17, 15) is 9.90 Å².